The van der Waals surface area contributed by atoms with Crippen molar-refractivity contribution < 1.29 is 4.92 Å². The van der Waals surface area contributed by atoms with Gasteiger partial charge in [-0.1, -0.05) is 40.2 Å². The van der Waals surface area contributed by atoms with Crippen molar-refractivity contribution in [2.45, 2.75) is 26.4 Å². The number of hydrogen-bond donors (Lipinski definition) is 1. The standard InChI is InChI=1S/C16H17BrN2O2/c1-11-6-7-13(8-16(11)19(20)21)10-18-12(2)14-4-3-5-15(17)9-14/h3-9,12,18H,10H2,1-2H3. The summed E-state index contributed by atoms with van der Waals surface area (Å²) in [7, 11) is 0. The fraction of sp³-hybridized carbons (Fsp3) is 0.250. The summed E-state index contributed by atoms with van der Waals surface area (Å²) in [5.41, 5.74) is 2.94. The molecule has 1 N–H and O–H groups in total. The molecule has 4 nitrogen and oxygen atoms in total. The van der Waals surface area contributed by atoms with E-state index in [-0.39, 0.29) is 16.7 Å². The highest BCUT2D eigenvalue weighted by molar-refractivity contribution is 9.10. The second kappa shape index (κ2) is 6.83. The van der Waals surface area contributed by atoms with Crippen molar-refractivity contribution in [3.8, 4) is 0 Å². The maximum atomic E-state index is 11.0. The van der Waals surface area contributed by atoms with Crippen molar-refractivity contribution in [2.75, 3.05) is 0 Å². The summed E-state index contributed by atoms with van der Waals surface area (Å²) in [6, 6.07) is 13.6. The molecule has 2 rings (SSSR count). The Kier molecular flexibility index (Phi) is 5.09. The second-order valence-electron chi connectivity index (χ2n) is 5.04. The Balaban J connectivity index is 2.06. The first kappa shape index (κ1) is 15.7. The number of nitrogens with one attached hydrogen (secondary N) is 1. The molecule has 0 aliphatic rings. The maximum absolute atomic E-state index is 11.0. The molecule has 110 valence electrons. The Hall–Kier alpha value is -1.72. The van der Waals surface area contributed by atoms with E-state index < -0.39 is 0 Å². The molecular weight excluding hydrogens is 332 g/mol. The van der Waals surface area contributed by atoms with Crippen LogP contribution in [0.3, 0.4) is 0 Å². The Bertz CT molecular complexity index is 658. The van der Waals surface area contributed by atoms with Crippen LogP contribution in [-0.4, -0.2) is 4.92 Å². The highest BCUT2D eigenvalue weighted by Crippen LogP contribution is 2.21. The van der Waals surface area contributed by atoms with Crippen LogP contribution in [0.4, 0.5) is 5.69 Å². The monoisotopic (exact) mass is 348 g/mol. The average molecular weight is 349 g/mol. The van der Waals surface area contributed by atoms with E-state index >= 15 is 0 Å². The molecule has 0 saturated heterocycles. The lowest BCUT2D eigenvalue weighted by atomic mass is 10.1. The van der Waals surface area contributed by atoms with E-state index in [1.165, 1.54) is 5.56 Å². The van der Waals surface area contributed by atoms with Crippen LogP contribution in [0.2, 0.25) is 0 Å². The van der Waals surface area contributed by atoms with Crippen LogP contribution >= 0.6 is 15.9 Å². The van der Waals surface area contributed by atoms with Gasteiger partial charge in [-0.05, 0) is 37.1 Å². The van der Waals surface area contributed by atoms with Gasteiger partial charge in [0.15, 0.2) is 0 Å². The Morgan fingerprint density at radius 1 is 1.29 bits per heavy atom. The van der Waals surface area contributed by atoms with Gasteiger partial charge < -0.3 is 5.32 Å². The van der Waals surface area contributed by atoms with Gasteiger partial charge in [-0.3, -0.25) is 10.1 Å². The summed E-state index contributed by atoms with van der Waals surface area (Å²) >= 11 is 3.46. The number of nitro benzene ring substituents is 1. The topological polar surface area (TPSA) is 55.2 Å². The lowest BCUT2D eigenvalue weighted by Gasteiger charge is -2.14. The largest absolute Gasteiger partial charge is 0.306 e. The first-order chi connectivity index (χ1) is 9.97. The van der Waals surface area contributed by atoms with Crippen LogP contribution in [0.5, 0.6) is 0 Å². The molecule has 21 heavy (non-hydrogen) atoms. The SMILES string of the molecule is Cc1ccc(CNC(C)c2cccc(Br)c2)cc1[N+](=O)[O-]. The average Bonchev–Trinajstić information content (AvgIpc) is 2.45. The third-order valence-corrected chi connectivity index (χ3v) is 3.92. The normalized spacial score (nSPS) is 12.1. The van der Waals surface area contributed by atoms with Crippen molar-refractivity contribution in [3.05, 3.63) is 73.7 Å². The molecule has 0 aliphatic carbocycles. The molecule has 0 bridgehead atoms. The quantitative estimate of drug-likeness (QED) is 0.638. The van der Waals surface area contributed by atoms with E-state index in [2.05, 4.69) is 40.3 Å². The number of nitro groups is 1. The summed E-state index contributed by atoms with van der Waals surface area (Å²) in [6.45, 7) is 4.42. The number of rotatable bonds is 5. The molecule has 0 amide bonds. The number of benzene rings is 2. The molecule has 0 fully saturated rings. The van der Waals surface area contributed by atoms with E-state index in [9.17, 15) is 10.1 Å². The van der Waals surface area contributed by atoms with Crippen molar-refractivity contribution in [2.24, 2.45) is 0 Å². The van der Waals surface area contributed by atoms with E-state index in [0.717, 1.165) is 10.0 Å². The van der Waals surface area contributed by atoms with Crippen LogP contribution in [-0.2, 0) is 6.54 Å². The zero-order valence-electron chi connectivity index (χ0n) is 12.0. The highest BCUT2D eigenvalue weighted by atomic mass is 79.9. The van der Waals surface area contributed by atoms with E-state index in [1.807, 2.05) is 18.2 Å². The minimum Gasteiger partial charge on any atom is -0.306 e. The van der Waals surface area contributed by atoms with Gasteiger partial charge in [0.25, 0.3) is 5.69 Å². The lowest BCUT2D eigenvalue weighted by molar-refractivity contribution is -0.385. The number of hydrogen-bond acceptors (Lipinski definition) is 3. The second-order valence-corrected chi connectivity index (χ2v) is 5.95. The third kappa shape index (κ3) is 4.12. The van der Waals surface area contributed by atoms with E-state index in [0.29, 0.717) is 12.1 Å². The van der Waals surface area contributed by atoms with Crippen LogP contribution < -0.4 is 5.32 Å². The van der Waals surface area contributed by atoms with Gasteiger partial charge in [0.1, 0.15) is 0 Å². The Morgan fingerprint density at radius 2 is 2.05 bits per heavy atom. The molecule has 2 aromatic rings. The lowest BCUT2D eigenvalue weighted by Crippen LogP contribution is -2.18. The minimum atomic E-state index is -0.337. The van der Waals surface area contributed by atoms with Gasteiger partial charge in [0.2, 0.25) is 0 Å². The van der Waals surface area contributed by atoms with Gasteiger partial charge in [-0.15, -0.1) is 0 Å². The van der Waals surface area contributed by atoms with E-state index in [4.69, 9.17) is 0 Å². The zero-order valence-corrected chi connectivity index (χ0v) is 13.6. The van der Waals surface area contributed by atoms with Gasteiger partial charge in [0, 0.05) is 28.7 Å². The molecule has 1 unspecified atom stereocenters. The third-order valence-electron chi connectivity index (χ3n) is 3.43. The summed E-state index contributed by atoms with van der Waals surface area (Å²) in [4.78, 5) is 10.6. The van der Waals surface area contributed by atoms with Gasteiger partial charge in [0.05, 0.1) is 4.92 Å². The molecule has 0 aromatic heterocycles. The van der Waals surface area contributed by atoms with Crippen molar-refractivity contribution in [3.63, 3.8) is 0 Å². The Morgan fingerprint density at radius 3 is 2.71 bits per heavy atom. The van der Waals surface area contributed by atoms with Gasteiger partial charge in [-0.25, -0.2) is 0 Å². The molecule has 0 heterocycles. The number of aryl methyl sites for hydroxylation is 1. The fourth-order valence-electron chi connectivity index (χ4n) is 2.13. The van der Waals surface area contributed by atoms with Gasteiger partial charge >= 0.3 is 0 Å². The predicted octanol–water partition coefficient (Wildman–Crippen LogP) is 4.52. The summed E-state index contributed by atoms with van der Waals surface area (Å²) in [5.74, 6) is 0. The number of halogens is 1. The summed E-state index contributed by atoms with van der Waals surface area (Å²) < 4.78 is 1.04. The Labute approximate surface area is 132 Å². The predicted molar refractivity (Wildman–Crippen MR) is 87.2 cm³/mol. The van der Waals surface area contributed by atoms with Crippen LogP contribution in [0.25, 0.3) is 0 Å². The molecule has 0 aliphatic heterocycles. The number of nitrogens with zero attached hydrogens (tertiary/aromatic N) is 1. The summed E-state index contributed by atoms with van der Waals surface area (Å²) in [6.07, 6.45) is 0. The van der Waals surface area contributed by atoms with Gasteiger partial charge in [-0.2, -0.15) is 0 Å². The van der Waals surface area contributed by atoms with Crippen molar-refractivity contribution in [1.82, 2.24) is 5.32 Å². The molecule has 0 spiro atoms. The molecule has 2 aromatic carbocycles. The minimum absolute atomic E-state index is 0.169. The first-order valence-electron chi connectivity index (χ1n) is 6.70. The fourth-order valence-corrected chi connectivity index (χ4v) is 2.54. The molecule has 1 atom stereocenters. The maximum Gasteiger partial charge on any atom is 0.272 e. The van der Waals surface area contributed by atoms with Crippen LogP contribution in [0, 0.1) is 17.0 Å². The van der Waals surface area contributed by atoms with Crippen LogP contribution in [0.1, 0.15) is 29.7 Å². The first-order valence-corrected chi connectivity index (χ1v) is 7.49. The zero-order chi connectivity index (χ0) is 15.4. The highest BCUT2D eigenvalue weighted by Gasteiger charge is 2.11. The molecule has 5 heteroatoms. The molecule has 0 radical (unpaired) electrons. The van der Waals surface area contributed by atoms with Crippen molar-refractivity contribution in [1.29, 1.82) is 0 Å². The van der Waals surface area contributed by atoms with Crippen LogP contribution in [0.15, 0.2) is 46.9 Å². The molecule has 0 saturated carbocycles. The smallest absolute Gasteiger partial charge is 0.272 e. The molecular formula is C16H17BrN2O2. The summed E-state index contributed by atoms with van der Waals surface area (Å²) in [5, 5.41) is 14.3. The van der Waals surface area contributed by atoms with Crippen molar-refractivity contribution >= 4 is 21.6 Å². The van der Waals surface area contributed by atoms with E-state index in [1.54, 1.807) is 19.1 Å².